The molecule has 0 fully saturated rings. The van der Waals surface area contributed by atoms with Crippen LogP contribution in [0.1, 0.15) is 132 Å². The van der Waals surface area contributed by atoms with Crippen LogP contribution < -0.4 is 28.4 Å². The second-order valence-corrected chi connectivity index (χ2v) is 16.8. The Morgan fingerprint density at radius 1 is 0.309 bits per heavy atom. The number of rotatable bonds is 24. The van der Waals surface area contributed by atoms with Crippen molar-refractivity contribution in [2.45, 2.75) is 90.9 Å². The fourth-order valence-corrected chi connectivity index (χ4v) is 7.61. The van der Waals surface area contributed by atoms with Gasteiger partial charge in [0.15, 0.2) is 0 Å². The van der Waals surface area contributed by atoms with Crippen LogP contribution in [0.5, 0.6) is 34.5 Å². The van der Waals surface area contributed by atoms with Gasteiger partial charge in [0.05, 0.1) is 35.5 Å². The van der Waals surface area contributed by atoms with E-state index in [0.29, 0.717) is 24.3 Å². The first kappa shape index (κ1) is 48.5. The van der Waals surface area contributed by atoms with Gasteiger partial charge in [-0.15, -0.1) is 0 Å². The molecule has 0 bridgehead atoms. The Morgan fingerprint density at radius 3 is 1.06 bits per heavy atom. The third-order valence-corrected chi connectivity index (χ3v) is 11.5. The number of carbonyl (C=O) groups excluding carboxylic acids is 4. The van der Waals surface area contributed by atoms with Crippen molar-refractivity contribution in [1.82, 2.24) is 0 Å². The van der Waals surface area contributed by atoms with E-state index in [1.807, 2.05) is 48.5 Å². The predicted octanol–water partition coefficient (Wildman–Crippen LogP) is 14.3. The Kier molecular flexibility index (Phi) is 17.7. The highest BCUT2D eigenvalue weighted by molar-refractivity contribution is 5.98. The van der Waals surface area contributed by atoms with Crippen LogP contribution in [0.4, 0.5) is 0 Å². The van der Waals surface area contributed by atoms with Crippen LogP contribution in [0.2, 0.25) is 0 Å². The Labute approximate surface area is 398 Å². The fraction of sp³-hybridized carbons (Fsp3) is 0.276. The number of hydrogen-bond acceptors (Lipinski definition) is 10. The van der Waals surface area contributed by atoms with Crippen molar-refractivity contribution in [3.8, 4) is 34.5 Å². The number of esters is 4. The molecular formula is C58H58O10. The minimum Gasteiger partial charge on any atom is -0.494 e. The largest absolute Gasteiger partial charge is 0.494 e. The first-order valence-corrected chi connectivity index (χ1v) is 23.8. The lowest BCUT2D eigenvalue weighted by Crippen LogP contribution is -2.11. The molecule has 0 saturated heterocycles. The van der Waals surface area contributed by atoms with E-state index in [4.69, 9.17) is 28.4 Å². The summed E-state index contributed by atoms with van der Waals surface area (Å²) in [4.78, 5) is 52.2. The van der Waals surface area contributed by atoms with Crippen LogP contribution in [0.25, 0.3) is 21.5 Å². The third-order valence-electron chi connectivity index (χ3n) is 11.5. The second-order valence-electron chi connectivity index (χ2n) is 16.8. The maximum absolute atomic E-state index is 13.0. The van der Waals surface area contributed by atoms with E-state index in [-0.39, 0.29) is 34.1 Å². The Morgan fingerprint density at radius 2 is 0.632 bits per heavy atom. The molecule has 350 valence electrons. The van der Waals surface area contributed by atoms with Crippen molar-refractivity contribution in [3.63, 3.8) is 0 Å². The quantitative estimate of drug-likeness (QED) is 0.0329. The van der Waals surface area contributed by atoms with E-state index in [1.54, 1.807) is 42.5 Å². The number of fused-ring (bicyclic) bond motifs is 2. The van der Waals surface area contributed by atoms with Gasteiger partial charge in [-0.3, -0.25) is 0 Å². The second kappa shape index (κ2) is 24.9. The molecule has 10 heteroatoms. The minimum absolute atomic E-state index is 0.150. The molecule has 0 spiro atoms. The first-order valence-electron chi connectivity index (χ1n) is 23.8. The van der Waals surface area contributed by atoms with E-state index in [1.165, 1.54) is 106 Å². The van der Waals surface area contributed by atoms with E-state index >= 15 is 0 Å². The molecular weight excluding hydrogens is 857 g/mol. The van der Waals surface area contributed by atoms with Crippen LogP contribution >= 0.6 is 0 Å². The molecule has 7 aromatic carbocycles. The molecule has 10 nitrogen and oxygen atoms in total. The average molecular weight is 915 g/mol. The zero-order valence-electron chi connectivity index (χ0n) is 38.8. The Bertz CT molecular complexity index is 2610. The van der Waals surface area contributed by atoms with Crippen molar-refractivity contribution >= 4 is 45.4 Å². The summed E-state index contributed by atoms with van der Waals surface area (Å²) in [6.07, 6.45) is 14.4. The molecule has 0 N–H and O–H groups in total. The number of ether oxygens (including phenoxy) is 6. The van der Waals surface area contributed by atoms with Gasteiger partial charge >= 0.3 is 23.9 Å². The number of hydrogen-bond donors (Lipinski definition) is 0. The van der Waals surface area contributed by atoms with Gasteiger partial charge in [-0.2, -0.15) is 0 Å². The summed E-state index contributed by atoms with van der Waals surface area (Å²) in [6.45, 7) is 5.78. The van der Waals surface area contributed by atoms with Crippen molar-refractivity contribution in [3.05, 3.63) is 168 Å². The lowest BCUT2D eigenvalue weighted by molar-refractivity contribution is 0.0723. The van der Waals surface area contributed by atoms with Gasteiger partial charge < -0.3 is 28.4 Å². The van der Waals surface area contributed by atoms with Crippen LogP contribution in [0.15, 0.2) is 146 Å². The van der Waals surface area contributed by atoms with E-state index in [9.17, 15) is 19.2 Å². The van der Waals surface area contributed by atoms with Gasteiger partial charge in [0.25, 0.3) is 0 Å². The zero-order chi connectivity index (χ0) is 47.5. The minimum atomic E-state index is -0.664. The number of unbranched alkanes of at least 4 members (excludes halogenated alkanes) is 10. The van der Waals surface area contributed by atoms with Crippen molar-refractivity contribution < 1.29 is 47.6 Å². The highest BCUT2D eigenvalue weighted by Gasteiger charge is 2.16. The first-order chi connectivity index (χ1) is 33.2. The monoisotopic (exact) mass is 914 g/mol. The average Bonchev–Trinajstić information content (AvgIpc) is 3.36. The maximum atomic E-state index is 13.0. The lowest BCUT2D eigenvalue weighted by atomic mass is 10.1. The predicted molar refractivity (Wildman–Crippen MR) is 265 cm³/mol. The molecule has 68 heavy (non-hydrogen) atoms. The normalized spacial score (nSPS) is 11.0. The standard InChI is InChI=1S/C58H58O10/c1-3-5-7-9-11-13-34-63-51-32-26-43-36-47(20-18-45(43)38-51)57(61)65-49-28-22-41(23-29-49)55(59)67-53-16-15-17-54(40-53)68-56(60)42-24-30-50(31-25-42)66-58(62)48-21-19-46-39-52(33-27-44(46)37-48)64-35-14-12-10-8-6-4-2/h15-33,36-40H,3-14,34-35H2,1-2H3. The molecule has 0 saturated carbocycles. The molecule has 7 rings (SSSR count). The van der Waals surface area contributed by atoms with Crippen LogP contribution in [0.3, 0.4) is 0 Å². The number of benzene rings is 7. The van der Waals surface area contributed by atoms with Gasteiger partial charge in [-0.1, -0.05) is 108 Å². The molecule has 0 radical (unpaired) electrons. The van der Waals surface area contributed by atoms with Gasteiger partial charge in [0.1, 0.15) is 34.5 Å². The summed E-state index contributed by atoms with van der Waals surface area (Å²) in [5.41, 5.74) is 1.20. The highest BCUT2D eigenvalue weighted by Crippen LogP contribution is 2.27. The SMILES string of the molecule is CCCCCCCCOc1ccc2cc(C(=O)Oc3ccc(C(=O)Oc4cccc(OC(=O)c5ccc(OC(=O)c6ccc7cc(OCCCCCCCC)ccc7c6)cc5)c4)cc3)ccc2c1. The van der Waals surface area contributed by atoms with E-state index in [2.05, 4.69) is 13.8 Å². The van der Waals surface area contributed by atoms with Crippen LogP contribution in [-0.2, 0) is 0 Å². The van der Waals surface area contributed by atoms with Crippen molar-refractivity contribution in [2.24, 2.45) is 0 Å². The molecule has 0 amide bonds. The van der Waals surface area contributed by atoms with E-state index in [0.717, 1.165) is 58.7 Å². The van der Waals surface area contributed by atoms with Crippen molar-refractivity contribution in [2.75, 3.05) is 13.2 Å². The lowest BCUT2D eigenvalue weighted by Gasteiger charge is -2.10. The Balaban J connectivity index is 0.851. The van der Waals surface area contributed by atoms with Gasteiger partial charge in [-0.25, -0.2) is 19.2 Å². The molecule has 7 aromatic rings. The number of carbonyl (C=O) groups is 4. The molecule has 0 aliphatic carbocycles. The van der Waals surface area contributed by atoms with Gasteiger partial charge in [-0.05, 0) is 144 Å². The fourth-order valence-electron chi connectivity index (χ4n) is 7.61. The highest BCUT2D eigenvalue weighted by atomic mass is 16.6. The van der Waals surface area contributed by atoms with Crippen LogP contribution in [-0.4, -0.2) is 37.1 Å². The van der Waals surface area contributed by atoms with Crippen molar-refractivity contribution in [1.29, 1.82) is 0 Å². The molecule has 0 heterocycles. The molecule has 0 unspecified atom stereocenters. The Hall–Kier alpha value is -7.46. The molecule has 0 aliphatic rings. The maximum Gasteiger partial charge on any atom is 0.343 e. The van der Waals surface area contributed by atoms with E-state index < -0.39 is 23.9 Å². The molecule has 0 aliphatic heterocycles. The summed E-state index contributed by atoms with van der Waals surface area (Å²) in [5.74, 6) is 0.0176. The topological polar surface area (TPSA) is 124 Å². The molecule has 0 atom stereocenters. The smallest absolute Gasteiger partial charge is 0.343 e. The molecule has 0 aromatic heterocycles. The summed E-state index contributed by atoms with van der Waals surface area (Å²) < 4.78 is 34.2. The van der Waals surface area contributed by atoms with Gasteiger partial charge in [0.2, 0.25) is 0 Å². The summed E-state index contributed by atoms with van der Waals surface area (Å²) in [5, 5.41) is 3.68. The van der Waals surface area contributed by atoms with Crippen LogP contribution in [0, 0.1) is 0 Å². The summed E-state index contributed by atoms with van der Waals surface area (Å²) in [7, 11) is 0. The zero-order valence-corrected chi connectivity index (χ0v) is 38.8. The summed E-state index contributed by atoms with van der Waals surface area (Å²) in [6, 6.07) is 40.5. The van der Waals surface area contributed by atoms with Gasteiger partial charge in [0, 0.05) is 6.07 Å². The third kappa shape index (κ3) is 14.3. The summed E-state index contributed by atoms with van der Waals surface area (Å²) >= 11 is 0.